The maximum atomic E-state index is 13.9. The largest absolute Gasteiger partial charge is 0.449 e. The molecule has 4 aliphatic rings. The SMILES string of the molecule is CCC(=O)O[C@]1(C(=O)SC(C)C#N)CC[C@H]2[C@@H]3CCC4=Cc5c(cnn5-c5ccc(F)cc5)C[C@]4(C)[C@H]3[C@@H](O)C[C@@]21C. The number of hydrogen-bond acceptors (Lipinski definition) is 7. The van der Waals surface area contributed by atoms with Gasteiger partial charge in [0.15, 0.2) is 5.60 Å². The number of esters is 1. The van der Waals surface area contributed by atoms with Crippen LogP contribution in [0.4, 0.5) is 4.39 Å². The van der Waals surface area contributed by atoms with E-state index in [4.69, 9.17) is 4.74 Å². The topological polar surface area (TPSA) is 105 Å². The standard InChI is InChI=1S/C33H38FN3O4S/c1-5-28(39)41-33(30(40)42-19(2)17-35)13-12-25-24-11-6-21-14-26-20(18-36-37(26)23-9-7-22(34)8-10-23)15-31(21,3)29(24)27(38)16-32(25,33)4/h7-10,14,18-19,24-25,27,29,38H,5-6,11-13,15-16H2,1-4H3/t19?,24-,25-,27-,29+,31-,32-,33-/m0/s1. The second-order valence-electron chi connectivity index (χ2n) is 13.1. The summed E-state index contributed by atoms with van der Waals surface area (Å²) in [6, 6.07) is 8.46. The lowest BCUT2D eigenvalue weighted by atomic mass is 9.45. The van der Waals surface area contributed by atoms with Gasteiger partial charge in [-0.1, -0.05) is 38.1 Å². The molecule has 3 fully saturated rings. The quantitative estimate of drug-likeness (QED) is 0.424. The van der Waals surface area contributed by atoms with E-state index in [0.717, 1.165) is 54.4 Å². The summed E-state index contributed by atoms with van der Waals surface area (Å²) < 4.78 is 21.5. The number of hydrogen-bond donors (Lipinski definition) is 1. The summed E-state index contributed by atoms with van der Waals surface area (Å²) in [5, 5.41) is 25.3. The first kappa shape index (κ1) is 29.1. The molecule has 0 radical (unpaired) electrons. The Morgan fingerprint density at radius 1 is 1.29 bits per heavy atom. The van der Waals surface area contributed by atoms with Gasteiger partial charge in [-0.2, -0.15) is 10.4 Å². The van der Waals surface area contributed by atoms with Gasteiger partial charge in [0.05, 0.1) is 35.0 Å². The number of nitriles is 1. The van der Waals surface area contributed by atoms with Crippen LogP contribution in [0.1, 0.15) is 77.5 Å². The predicted molar refractivity (Wildman–Crippen MR) is 158 cm³/mol. The van der Waals surface area contributed by atoms with Gasteiger partial charge in [-0.15, -0.1) is 0 Å². The molecule has 0 spiro atoms. The van der Waals surface area contributed by atoms with Crippen LogP contribution < -0.4 is 0 Å². The molecule has 1 aromatic heterocycles. The number of carbonyl (C=O) groups excluding carboxylic acids is 2. The number of benzene rings is 1. The molecule has 1 unspecified atom stereocenters. The zero-order valence-corrected chi connectivity index (χ0v) is 25.4. The molecule has 222 valence electrons. The number of aliphatic hydroxyl groups is 1. The molecule has 0 bridgehead atoms. The maximum Gasteiger partial charge on any atom is 0.306 e. The number of allylic oxidation sites excluding steroid dienone is 1. The lowest BCUT2D eigenvalue weighted by Crippen LogP contribution is -2.62. The first-order valence-corrected chi connectivity index (χ1v) is 15.9. The molecule has 0 aliphatic heterocycles. The molecule has 1 heterocycles. The van der Waals surface area contributed by atoms with Gasteiger partial charge in [-0.25, -0.2) is 9.07 Å². The van der Waals surface area contributed by atoms with E-state index in [0.29, 0.717) is 12.8 Å². The third-order valence-corrected chi connectivity index (χ3v) is 12.0. The molecule has 6 rings (SSSR count). The molecule has 2 aromatic rings. The van der Waals surface area contributed by atoms with Crippen LogP contribution >= 0.6 is 11.8 Å². The van der Waals surface area contributed by atoms with E-state index in [9.17, 15) is 24.3 Å². The van der Waals surface area contributed by atoms with E-state index >= 15 is 0 Å². The zero-order chi connectivity index (χ0) is 30.0. The van der Waals surface area contributed by atoms with Crippen LogP contribution in [0.3, 0.4) is 0 Å². The molecular weight excluding hydrogens is 553 g/mol. The fraction of sp³-hybridized carbons (Fsp3) is 0.576. The van der Waals surface area contributed by atoms with E-state index in [1.54, 1.807) is 26.0 Å². The molecule has 0 amide bonds. The highest BCUT2D eigenvalue weighted by Crippen LogP contribution is 2.69. The number of aliphatic hydroxyl groups excluding tert-OH is 1. The van der Waals surface area contributed by atoms with Crippen molar-refractivity contribution < 1.29 is 23.8 Å². The molecule has 42 heavy (non-hydrogen) atoms. The normalized spacial score (nSPS) is 35.5. The number of aromatic nitrogens is 2. The number of ether oxygens (including phenoxy) is 1. The molecule has 8 atom stereocenters. The second kappa shape index (κ2) is 10.3. The Bertz CT molecular complexity index is 1500. The summed E-state index contributed by atoms with van der Waals surface area (Å²) >= 11 is 0.946. The average molecular weight is 592 g/mol. The number of fused-ring (bicyclic) bond motifs is 6. The van der Waals surface area contributed by atoms with Gasteiger partial charge in [-0.05, 0) is 105 Å². The first-order chi connectivity index (χ1) is 20.0. The van der Waals surface area contributed by atoms with Gasteiger partial charge < -0.3 is 9.84 Å². The third kappa shape index (κ3) is 4.20. The minimum Gasteiger partial charge on any atom is -0.449 e. The van der Waals surface area contributed by atoms with Crippen molar-refractivity contribution >= 4 is 28.9 Å². The molecule has 0 saturated heterocycles. The Kier molecular flexibility index (Phi) is 7.17. The van der Waals surface area contributed by atoms with Crippen molar-refractivity contribution in [1.29, 1.82) is 5.26 Å². The summed E-state index contributed by atoms with van der Waals surface area (Å²) in [5.41, 5.74) is 1.82. The second-order valence-corrected chi connectivity index (χ2v) is 14.4. The molecule has 1 aromatic carbocycles. The Balaban J connectivity index is 1.35. The number of rotatable bonds is 5. The summed E-state index contributed by atoms with van der Waals surface area (Å²) in [7, 11) is 0. The highest BCUT2D eigenvalue weighted by Gasteiger charge is 2.70. The van der Waals surface area contributed by atoms with Crippen molar-refractivity contribution in [2.24, 2.45) is 28.6 Å². The Morgan fingerprint density at radius 3 is 2.71 bits per heavy atom. The van der Waals surface area contributed by atoms with E-state index in [2.05, 4.69) is 24.2 Å². The van der Waals surface area contributed by atoms with E-state index in [1.807, 2.05) is 17.8 Å². The highest BCUT2D eigenvalue weighted by molar-refractivity contribution is 8.14. The molecular formula is C33H38FN3O4S. The van der Waals surface area contributed by atoms with Crippen LogP contribution in [0.25, 0.3) is 11.8 Å². The predicted octanol–water partition coefficient (Wildman–Crippen LogP) is 6.03. The number of carbonyl (C=O) groups is 2. The molecule has 4 aliphatic carbocycles. The summed E-state index contributed by atoms with van der Waals surface area (Å²) in [6.45, 7) is 7.69. The van der Waals surface area contributed by atoms with Gasteiger partial charge in [0.1, 0.15) is 5.82 Å². The first-order valence-electron chi connectivity index (χ1n) is 15.0. The monoisotopic (exact) mass is 591 g/mol. The molecule has 3 saturated carbocycles. The van der Waals surface area contributed by atoms with Crippen molar-refractivity contribution in [1.82, 2.24) is 9.78 Å². The average Bonchev–Trinajstić information content (AvgIpc) is 3.49. The molecule has 9 heteroatoms. The maximum absolute atomic E-state index is 13.9. The summed E-state index contributed by atoms with van der Waals surface area (Å²) in [4.78, 5) is 26.6. The van der Waals surface area contributed by atoms with E-state index in [-0.39, 0.29) is 40.5 Å². The number of nitrogens with zero attached hydrogens (tertiary/aromatic N) is 3. The molecule has 7 nitrogen and oxygen atoms in total. The minimum absolute atomic E-state index is 0.0173. The highest BCUT2D eigenvalue weighted by atomic mass is 32.2. The van der Waals surface area contributed by atoms with Gasteiger partial charge in [0, 0.05) is 11.8 Å². The number of thioether (sulfide) groups is 1. The number of halogens is 1. The summed E-state index contributed by atoms with van der Waals surface area (Å²) in [5.74, 6) is -0.480. The van der Waals surface area contributed by atoms with Crippen molar-refractivity contribution in [3.05, 3.63) is 53.1 Å². The summed E-state index contributed by atoms with van der Waals surface area (Å²) in [6.07, 6.45) is 7.54. The van der Waals surface area contributed by atoms with Gasteiger partial charge in [-0.3, -0.25) is 9.59 Å². The van der Waals surface area contributed by atoms with Crippen LogP contribution in [-0.4, -0.2) is 42.9 Å². The van der Waals surface area contributed by atoms with Crippen LogP contribution in [-0.2, 0) is 20.7 Å². The van der Waals surface area contributed by atoms with Gasteiger partial charge in [0.2, 0.25) is 5.12 Å². The lowest BCUT2D eigenvalue weighted by Gasteiger charge is -2.60. The van der Waals surface area contributed by atoms with Crippen LogP contribution in [0.5, 0.6) is 0 Å². The zero-order valence-electron chi connectivity index (χ0n) is 24.6. The van der Waals surface area contributed by atoms with Gasteiger partial charge >= 0.3 is 5.97 Å². The minimum atomic E-state index is -1.36. The lowest BCUT2D eigenvalue weighted by molar-refractivity contribution is -0.196. The van der Waals surface area contributed by atoms with Crippen molar-refractivity contribution in [2.45, 2.75) is 89.6 Å². The van der Waals surface area contributed by atoms with Crippen LogP contribution in [0, 0.1) is 45.7 Å². The van der Waals surface area contributed by atoms with Gasteiger partial charge in [0.25, 0.3) is 0 Å². The van der Waals surface area contributed by atoms with E-state index < -0.39 is 28.3 Å². The third-order valence-electron chi connectivity index (χ3n) is 11.0. The van der Waals surface area contributed by atoms with Crippen LogP contribution in [0.2, 0.25) is 0 Å². The smallest absolute Gasteiger partial charge is 0.306 e. The van der Waals surface area contributed by atoms with Crippen molar-refractivity contribution in [2.75, 3.05) is 0 Å². The molecule has 1 N–H and O–H groups in total. The Hall–Kier alpha value is -2.96. The van der Waals surface area contributed by atoms with E-state index in [1.165, 1.54) is 17.7 Å². The fourth-order valence-electron chi connectivity index (χ4n) is 9.05. The Labute approximate surface area is 250 Å². The van der Waals surface area contributed by atoms with Crippen molar-refractivity contribution in [3.8, 4) is 11.8 Å². The van der Waals surface area contributed by atoms with Crippen molar-refractivity contribution in [3.63, 3.8) is 0 Å². The fourth-order valence-corrected chi connectivity index (χ4v) is 9.99. The Morgan fingerprint density at radius 2 is 2.02 bits per heavy atom. The van der Waals surface area contributed by atoms with Crippen LogP contribution in [0.15, 0.2) is 36.0 Å².